The molecular formula is C16H24O2. The van der Waals surface area contributed by atoms with E-state index >= 15 is 0 Å². The second-order valence-electron chi connectivity index (χ2n) is 4.62. The maximum absolute atomic E-state index is 6.04. The summed E-state index contributed by atoms with van der Waals surface area (Å²) in [7, 11) is 0. The van der Waals surface area contributed by atoms with Gasteiger partial charge in [0.15, 0.2) is 0 Å². The molecule has 0 amide bonds. The normalized spacial score (nSPS) is 14.4. The van der Waals surface area contributed by atoms with E-state index in [4.69, 9.17) is 9.47 Å². The van der Waals surface area contributed by atoms with Crippen molar-refractivity contribution in [2.75, 3.05) is 6.61 Å². The van der Waals surface area contributed by atoms with Crippen molar-refractivity contribution in [3.63, 3.8) is 0 Å². The SMILES string of the molecule is C=CC(OC(CC)COC(C)C)c1ccccc1. The number of hydrogen-bond donors (Lipinski definition) is 0. The molecule has 2 heteroatoms. The van der Waals surface area contributed by atoms with Gasteiger partial charge < -0.3 is 9.47 Å². The van der Waals surface area contributed by atoms with Crippen molar-refractivity contribution in [2.24, 2.45) is 0 Å². The van der Waals surface area contributed by atoms with Crippen LogP contribution in [-0.4, -0.2) is 18.8 Å². The highest BCUT2D eigenvalue weighted by Gasteiger charge is 2.15. The quantitative estimate of drug-likeness (QED) is 0.644. The van der Waals surface area contributed by atoms with Crippen LogP contribution in [0.2, 0.25) is 0 Å². The molecule has 0 aliphatic carbocycles. The molecule has 18 heavy (non-hydrogen) atoms. The standard InChI is InChI=1S/C16H24O2/c1-5-15(12-17-13(3)4)18-16(6-2)14-10-8-7-9-11-14/h6-11,13,15-16H,2,5,12H2,1,3-4H3. The molecule has 0 radical (unpaired) electrons. The molecular weight excluding hydrogens is 224 g/mol. The molecule has 2 unspecified atom stereocenters. The molecule has 0 aliphatic heterocycles. The van der Waals surface area contributed by atoms with E-state index in [-0.39, 0.29) is 18.3 Å². The first-order valence-corrected chi connectivity index (χ1v) is 6.62. The van der Waals surface area contributed by atoms with E-state index < -0.39 is 0 Å². The summed E-state index contributed by atoms with van der Waals surface area (Å²) in [6, 6.07) is 10.1. The molecule has 0 saturated heterocycles. The van der Waals surface area contributed by atoms with E-state index in [0.717, 1.165) is 12.0 Å². The second kappa shape index (κ2) is 8.06. The highest BCUT2D eigenvalue weighted by Crippen LogP contribution is 2.21. The molecule has 0 aromatic heterocycles. The van der Waals surface area contributed by atoms with Gasteiger partial charge in [0.2, 0.25) is 0 Å². The first kappa shape index (κ1) is 14.9. The van der Waals surface area contributed by atoms with Crippen LogP contribution in [0.25, 0.3) is 0 Å². The smallest absolute Gasteiger partial charge is 0.101 e. The molecule has 0 aliphatic rings. The topological polar surface area (TPSA) is 18.5 Å². The van der Waals surface area contributed by atoms with Crippen molar-refractivity contribution in [3.05, 3.63) is 48.6 Å². The van der Waals surface area contributed by atoms with Crippen LogP contribution in [0.1, 0.15) is 38.9 Å². The van der Waals surface area contributed by atoms with Crippen LogP contribution >= 0.6 is 0 Å². The maximum atomic E-state index is 6.04. The van der Waals surface area contributed by atoms with Gasteiger partial charge >= 0.3 is 0 Å². The second-order valence-corrected chi connectivity index (χ2v) is 4.62. The minimum Gasteiger partial charge on any atom is -0.376 e. The Kier molecular flexibility index (Phi) is 6.69. The third-order valence-electron chi connectivity index (χ3n) is 2.75. The molecule has 2 nitrogen and oxygen atoms in total. The van der Waals surface area contributed by atoms with Crippen LogP contribution in [0.15, 0.2) is 43.0 Å². The third-order valence-corrected chi connectivity index (χ3v) is 2.75. The summed E-state index contributed by atoms with van der Waals surface area (Å²) in [5, 5.41) is 0. The van der Waals surface area contributed by atoms with Gasteiger partial charge in [-0.05, 0) is 25.8 Å². The Bertz CT molecular complexity index is 332. The highest BCUT2D eigenvalue weighted by molar-refractivity contribution is 5.20. The fourth-order valence-corrected chi connectivity index (χ4v) is 1.67. The lowest BCUT2D eigenvalue weighted by Crippen LogP contribution is -2.23. The molecule has 0 heterocycles. The monoisotopic (exact) mass is 248 g/mol. The van der Waals surface area contributed by atoms with Crippen LogP contribution in [-0.2, 0) is 9.47 Å². The Hall–Kier alpha value is -1.12. The van der Waals surface area contributed by atoms with E-state index in [2.05, 4.69) is 25.6 Å². The van der Waals surface area contributed by atoms with E-state index in [1.807, 2.05) is 38.1 Å². The average Bonchev–Trinajstić information content (AvgIpc) is 2.40. The van der Waals surface area contributed by atoms with Crippen molar-refractivity contribution in [3.8, 4) is 0 Å². The Morgan fingerprint density at radius 3 is 2.39 bits per heavy atom. The molecule has 0 fully saturated rings. The highest BCUT2D eigenvalue weighted by atomic mass is 16.5. The molecule has 0 N–H and O–H groups in total. The molecule has 0 spiro atoms. The summed E-state index contributed by atoms with van der Waals surface area (Å²) in [6.07, 6.45) is 3.06. The van der Waals surface area contributed by atoms with Crippen LogP contribution in [0.3, 0.4) is 0 Å². The van der Waals surface area contributed by atoms with E-state index in [1.54, 1.807) is 0 Å². The predicted octanol–water partition coefficient (Wildman–Crippen LogP) is 4.13. The lowest BCUT2D eigenvalue weighted by atomic mass is 10.1. The van der Waals surface area contributed by atoms with Gasteiger partial charge in [-0.2, -0.15) is 0 Å². The maximum Gasteiger partial charge on any atom is 0.101 e. The first-order valence-electron chi connectivity index (χ1n) is 6.62. The zero-order valence-electron chi connectivity index (χ0n) is 11.6. The van der Waals surface area contributed by atoms with Crippen molar-refractivity contribution in [1.82, 2.24) is 0 Å². The van der Waals surface area contributed by atoms with E-state index in [1.165, 1.54) is 0 Å². The van der Waals surface area contributed by atoms with Crippen LogP contribution in [0, 0.1) is 0 Å². The Morgan fingerprint density at radius 2 is 1.89 bits per heavy atom. The van der Waals surface area contributed by atoms with Gasteiger partial charge in [-0.25, -0.2) is 0 Å². The van der Waals surface area contributed by atoms with Crippen LogP contribution in [0.5, 0.6) is 0 Å². The Labute approximate surface area is 111 Å². The summed E-state index contributed by atoms with van der Waals surface area (Å²) >= 11 is 0. The molecule has 0 bridgehead atoms. The number of ether oxygens (including phenoxy) is 2. The van der Waals surface area contributed by atoms with Gasteiger partial charge in [-0.1, -0.05) is 43.3 Å². The Morgan fingerprint density at radius 1 is 1.22 bits per heavy atom. The molecule has 100 valence electrons. The molecule has 1 aromatic rings. The molecule has 2 atom stereocenters. The predicted molar refractivity (Wildman–Crippen MR) is 75.6 cm³/mol. The lowest BCUT2D eigenvalue weighted by Gasteiger charge is -2.23. The summed E-state index contributed by atoms with van der Waals surface area (Å²) in [5.41, 5.74) is 1.13. The minimum absolute atomic E-state index is 0.0630. The van der Waals surface area contributed by atoms with Crippen molar-refractivity contribution in [1.29, 1.82) is 0 Å². The van der Waals surface area contributed by atoms with Gasteiger partial charge in [0.05, 0.1) is 18.8 Å². The van der Waals surface area contributed by atoms with Crippen LogP contribution < -0.4 is 0 Å². The largest absolute Gasteiger partial charge is 0.376 e. The molecule has 1 rings (SSSR count). The van der Waals surface area contributed by atoms with Gasteiger partial charge in [0, 0.05) is 0 Å². The lowest BCUT2D eigenvalue weighted by molar-refractivity contribution is -0.0574. The summed E-state index contributed by atoms with van der Waals surface area (Å²) < 4.78 is 11.7. The fourth-order valence-electron chi connectivity index (χ4n) is 1.67. The average molecular weight is 248 g/mol. The third kappa shape index (κ3) is 5.03. The number of rotatable bonds is 8. The number of benzene rings is 1. The van der Waals surface area contributed by atoms with Gasteiger partial charge in [-0.15, -0.1) is 6.58 Å². The zero-order valence-corrected chi connectivity index (χ0v) is 11.6. The van der Waals surface area contributed by atoms with E-state index in [9.17, 15) is 0 Å². The van der Waals surface area contributed by atoms with Gasteiger partial charge in [0.1, 0.15) is 6.10 Å². The summed E-state index contributed by atoms with van der Waals surface area (Å²) in [4.78, 5) is 0. The zero-order chi connectivity index (χ0) is 13.4. The fraction of sp³-hybridized carbons (Fsp3) is 0.500. The van der Waals surface area contributed by atoms with Crippen molar-refractivity contribution >= 4 is 0 Å². The van der Waals surface area contributed by atoms with Crippen LogP contribution in [0.4, 0.5) is 0 Å². The van der Waals surface area contributed by atoms with Crippen molar-refractivity contribution < 1.29 is 9.47 Å². The molecule has 0 saturated carbocycles. The Balaban J connectivity index is 2.58. The minimum atomic E-state index is -0.0630. The first-order chi connectivity index (χ1) is 8.67. The molecule has 1 aromatic carbocycles. The van der Waals surface area contributed by atoms with E-state index in [0.29, 0.717) is 6.61 Å². The number of hydrogen-bond acceptors (Lipinski definition) is 2. The van der Waals surface area contributed by atoms with Crippen molar-refractivity contribution in [2.45, 2.75) is 45.5 Å². The van der Waals surface area contributed by atoms with Gasteiger partial charge in [-0.3, -0.25) is 0 Å². The summed E-state index contributed by atoms with van der Waals surface area (Å²) in [5.74, 6) is 0. The van der Waals surface area contributed by atoms with Gasteiger partial charge in [0.25, 0.3) is 0 Å². The summed E-state index contributed by atoms with van der Waals surface area (Å²) in [6.45, 7) is 10.7.